The summed E-state index contributed by atoms with van der Waals surface area (Å²) in [7, 11) is 0. The molecule has 1 atom stereocenters. The Morgan fingerprint density at radius 3 is 2.78 bits per heavy atom. The molecule has 1 aliphatic heterocycles. The highest BCUT2D eigenvalue weighted by Crippen LogP contribution is 2.36. The number of hydrogen-bond acceptors (Lipinski definition) is 3. The summed E-state index contributed by atoms with van der Waals surface area (Å²) in [5.41, 5.74) is 1.07. The van der Waals surface area contributed by atoms with E-state index in [4.69, 9.17) is 4.74 Å². The second-order valence-corrected chi connectivity index (χ2v) is 5.49. The number of amides is 1. The van der Waals surface area contributed by atoms with Gasteiger partial charge in [-0.2, -0.15) is 0 Å². The van der Waals surface area contributed by atoms with E-state index in [1.54, 1.807) is 0 Å². The van der Waals surface area contributed by atoms with E-state index in [1.165, 1.54) is 0 Å². The molecule has 2 heterocycles. The van der Waals surface area contributed by atoms with Gasteiger partial charge in [-0.3, -0.25) is 9.59 Å². The van der Waals surface area contributed by atoms with Crippen molar-refractivity contribution in [3.05, 3.63) is 20.3 Å². The zero-order valence-corrected chi connectivity index (χ0v) is 12.9. The van der Waals surface area contributed by atoms with Gasteiger partial charge in [-0.1, -0.05) is 0 Å². The molecule has 0 aliphatic carbocycles. The van der Waals surface area contributed by atoms with Crippen LogP contribution in [0.2, 0.25) is 0 Å². The Bertz CT molecular complexity index is 499. The Labute approximate surface area is 121 Å². The molecule has 7 heteroatoms. The van der Waals surface area contributed by atoms with Crippen LogP contribution in [0, 0.1) is 0 Å². The maximum absolute atomic E-state index is 12.0. The molecule has 2 N–H and O–H groups in total. The minimum atomic E-state index is -0.434. The molecular formula is C11H12Br2N2O3. The van der Waals surface area contributed by atoms with Crippen LogP contribution < -0.4 is 5.32 Å². The summed E-state index contributed by atoms with van der Waals surface area (Å²) in [4.78, 5) is 26.8. The number of carbonyl (C=O) groups excluding carboxylic acids is 2. The lowest BCUT2D eigenvalue weighted by atomic mass is 9.96. The van der Waals surface area contributed by atoms with Crippen molar-refractivity contribution < 1.29 is 14.3 Å². The van der Waals surface area contributed by atoms with Crippen LogP contribution in [0.5, 0.6) is 0 Å². The number of Topliss-reactive ketones (excluding diaryl/α,β-unsaturated/α-hetero) is 1. The van der Waals surface area contributed by atoms with Crippen LogP contribution >= 0.6 is 31.9 Å². The van der Waals surface area contributed by atoms with Gasteiger partial charge in [0, 0.05) is 12.2 Å². The van der Waals surface area contributed by atoms with Crippen LogP contribution in [-0.4, -0.2) is 36.4 Å². The highest BCUT2D eigenvalue weighted by Gasteiger charge is 2.34. The van der Waals surface area contributed by atoms with Crippen LogP contribution in [0.4, 0.5) is 0 Å². The van der Waals surface area contributed by atoms with Crippen molar-refractivity contribution in [1.29, 1.82) is 0 Å². The number of H-pyrrole nitrogens is 1. The SMILES string of the molecule is CCOCC1C(=O)CNC(=O)c2[nH]c(Br)c(Br)c21. The molecule has 98 valence electrons. The number of aromatic nitrogens is 1. The molecular weight excluding hydrogens is 368 g/mol. The maximum Gasteiger partial charge on any atom is 0.268 e. The number of ketones is 1. The van der Waals surface area contributed by atoms with Crippen LogP contribution in [0.3, 0.4) is 0 Å². The third-order valence-electron chi connectivity index (χ3n) is 2.81. The number of halogens is 2. The quantitative estimate of drug-likeness (QED) is 0.843. The van der Waals surface area contributed by atoms with Crippen molar-refractivity contribution in [2.45, 2.75) is 12.8 Å². The van der Waals surface area contributed by atoms with Gasteiger partial charge >= 0.3 is 0 Å². The number of fused-ring (bicyclic) bond motifs is 1. The first kappa shape index (κ1) is 13.8. The van der Waals surface area contributed by atoms with Gasteiger partial charge in [0.05, 0.1) is 28.1 Å². The first-order valence-corrected chi connectivity index (χ1v) is 7.10. The van der Waals surface area contributed by atoms with Crippen molar-refractivity contribution in [3.8, 4) is 0 Å². The number of hydrogen-bond donors (Lipinski definition) is 2. The molecule has 5 nitrogen and oxygen atoms in total. The summed E-state index contributed by atoms with van der Waals surface area (Å²) in [6, 6.07) is 0. The van der Waals surface area contributed by atoms with E-state index in [0.717, 1.165) is 0 Å². The first-order chi connectivity index (χ1) is 8.56. The highest BCUT2D eigenvalue weighted by atomic mass is 79.9. The molecule has 1 unspecified atom stereocenters. The van der Waals surface area contributed by atoms with Crippen LogP contribution in [-0.2, 0) is 9.53 Å². The van der Waals surface area contributed by atoms with Gasteiger partial charge in [0.15, 0.2) is 5.78 Å². The molecule has 0 aromatic carbocycles. The van der Waals surface area contributed by atoms with Crippen LogP contribution in [0.15, 0.2) is 9.08 Å². The second kappa shape index (κ2) is 5.54. The molecule has 0 bridgehead atoms. The fourth-order valence-electron chi connectivity index (χ4n) is 1.92. The van der Waals surface area contributed by atoms with E-state index in [1.807, 2.05) is 6.92 Å². The van der Waals surface area contributed by atoms with Gasteiger partial charge < -0.3 is 15.0 Å². The fourth-order valence-corrected chi connectivity index (χ4v) is 2.90. The monoisotopic (exact) mass is 378 g/mol. The Morgan fingerprint density at radius 1 is 1.39 bits per heavy atom. The highest BCUT2D eigenvalue weighted by molar-refractivity contribution is 9.13. The molecule has 1 aromatic rings. The largest absolute Gasteiger partial charge is 0.381 e. The topological polar surface area (TPSA) is 71.2 Å². The number of rotatable bonds is 3. The Balaban J connectivity index is 2.48. The normalized spacial score (nSPS) is 19.4. The summed E-state index contributed by atoms with van der Waals surface area (Å²) < 4.78 is 6.70. The Kier molecular flexibility index (Phi) is 4.24. The zero-order chi connectivity index (χ0) is 13.3. The van der Waals surface area contributed by atoms with Gasteiger partial charge in [0.2, 0.25) is 0 Å². The lowest BCUT2D eigenvalue weighted by molar-refractivity contribution is -0.120. The summed E-state index contributed by atoms with van der Waals surface area (Å²) in [5, 5.41) is 2.58. The van der Waals surface area contributed by atoms with Crippen molar-refractivity contribution in [2.24, 2.45) is 0 Å². The minimum absolute atomic E-state index is 0.0309. The summed E-state index contributed by atoms with van der Waals surface area (Å²) >= 11 is 6.70. The molecule has 0 fully saturated rings. The van der Waals surface area contributed by atoms with Gasteiger partial charge in [-0.05, 0) is 38.8 Å². The van der Waals surface area contributed by atoms with Crippen molar-refractivity contribution in [2.75, 3.05) is 19.8 Å². The zero-order valence-electron chi connectivity index (χ0n) is 9.68. The summed E-state index contributed by atoms with van der Waals surface area (Å²) in [6.45, 7) is 2.71. The van der Waals surface area contributed by atoms with Gasteiger partial charge in [0.1, 0.15) is 5.69 Å². The minimum Gasteiger partial charge on any atom is -0.381 e. The number of aromatic amines is 1. The average Bonchev–Trinajstić information content (AvgIpc) is 2.58. The molecule has 2 rings (SSSR count). The van der Waals surface area contributed by atoms with Gasteiger partial charge in [-0.15, -0.1) is 0 Å². The molecule has 0 radical (unpaired) electrons. The molecule has 1 aromatic heterocycles. The lowest BCUT2D eigenvalue weighted by Crippen LogP contribution is -2.29. The van der Waals surface area contributed by atoms with Crippen LogP contribution in [0.1, 0.15) is 28.9 Å². The molecule has 0 saturated heterocycles. The van der Waals surface area contributed by atoms with Crippen molar-refractivity contribution in [3.63, 3.8) is 0 Å². The Morgan fingerprint density at radius 2 is 2.11 bits per heavy atom. The van der Waals surface area contributed by atoms with Crippen LogP contribution in [0.25, 0.3) is 0 Å². The molecule has 0 saturated carbocycles. The average molecular weight is 380 g/mol. The Hall–Kier alpha value is -0.660. The predicted octanol–water partition coefficient (Wildman–Crippen LogP) is 1.97. The molecule has 1 amide bonds. The third-order valence-corrected chi connectivity index (χ3v) is 4.76. The van der Waals surface area contributed by atoms with Crippen molar-refractivity contribution in [1.82, 2.24) is 10.3 Å². The molecule has 1 aliphatic rings. The number of carbonyl (C=O) groups is 2. The van der Waals surface area contributed by atoms with E-state index in [9.17, 15) is 9.59 Å². The van der Waals surface area contributed by atoms with E-state index in [-0.39, 0.29) is 24.8 Å². The lowest BCUT2D eigenvalue weighted by Gasteiger charge is -2.13. The first-order valence-electron chi connectivity index (χ1n) is 5.51. The maximum atomic E-state index is 12.0. The van der Waals surface area contributed by atoms with E-state index in [0.29, 0.717) is 26.9 Å². The summed E-state index contributed by atoms with van der Waals surface area (Å²) in [5.74, 6) is -0.762. The van der Waals surface area contributed by atoms with Gasteiger partial charge in [0.25, 0.3) is 5.91 Å². The standard InChI is InChI=1S/C11H12Br2N2O3/c1-2-18-4-5-6(16)3-14-11(17)9-7(5)8(12)10(13)15-9/h5,15H,2-4H2,1H3,(H,14,17). The molecule has 18 heavy (non-hydrogen) atoms. The van der Waals surface area contributed by atoms with E-state index >= 15 is 0 Å². The van der Waals surface area contributed by atoms with E-state index < -0.39 is 5.92 Å². The second-order valence-electron chi connectivity index (χ2n) is 3.90. The fraction of sp³-hybridized carbons (Fsp3) is 0.455. The predicted molar refractivity (Wildman–Crippen MR) is 72.8 cm³/mol. The number of nitrogens with one attached hydrogen (secondary N) is 2. The van der Waals surface area contributed by atoms with Crippen molar-refractivity contribution >= 4 is 43.6 Å². The smallest absolute Gasteiger partial charge is 0.268 e. The summed E-state index contributed by atoms with van der Waals surface area (Å²) in [6.07, 6.45) is 0. The van der Waals surface area contributed by atoms with Gasteiger partial charge in [-0.25, -0.2) is 0 Å². The number of ether oxygens (including phenoxy) is 1. The van der Waals surface area contributed by atoms with E-state index in [2.05, 4.69) is 42.2 Å². The third kappa shape index (κ3) is 2.39. The molecule has 0 spiro atoms.